The first-order valence-electron chi connectivity index (χ1n) is 6.70. The van der Waals surface area contributed by atoms with Gasteiger partial charge in [0.15, 0.2) is 5.92 Å². The Labute approximate surface area is 125 Å². The SMILES string of the molecule is COC(=O)[C@@H](Cc1ccc(OC)cc1)C(=O)OC(C)(C)C. The van der Waals surface area contributed by atoms with Crippen LogP contribution in [0.2, 0.25) is 0 Å². The van der Waals surface area contributed by atoms with E-state index in [0.717, 1.165) is 5.56 Å². The van der Waals surface area contributed by atoms with Crippen molar-refractivity contribution in [2.75, 3.05) is 14.2 Å². The molecular weight excluding hydrogens is 272 g/mol. The highest BCUT2D eigenvalue weighted by Crippen LogP contribution is 2.19. The van der Waals surface area contributed by atoms with E-state index in [2.05, 4.69) is 0 Å². The predicted octanol–water partition coefficient (Wildman–Crippen LogP) is 2.37. The van der Waals surface area contributed by atoms with E-state index in [-0.39, 0.29) is 6.42 Å². The monoisotopic (exact) mass is 294 g/mol. The van der Waals surface area contributed by atoms with Gasteiger partial charge in [0.2, 0.25) is 0 Å². The van der Waals surface area contributed by atoms with Crippen LogP contribution in [0.15, 0.2) is 24.3 Å². The van der Waals surface area contributed by atoms with Crippen molar-refractivity contribution in [2.45, 2.75) is 32.8 Å². The van der Waals surface area contributed by atoms with E-state index >= 15 is 0 Å². The first-order chi connectivity index (χ1) is 9.76. The fourth-order valence-electron chi connectivity index (χ4n) is 1.78. The van der Waals surface area contributed by atoms with Crippen LogP contribution in [0.1, 0.15) is 26.3 Å². The number of hydrogen-bond acceptors (Lipinski definition) is 5. The number of rotatable bonds is 5. The molecule has 0 radical (unpaired) electrons. The Morgan fingerprint density at radius 3 is 2.05 bits per heavy atom. The summed E-state index contributed by atoms with van der Waals surface area (Å²) in [6, 6.07) is 7.16. The molecule has 1 aromatic carbocycles. The van der Waals surface area contributed by atoms with Gasteiger partial charge in [-0.1, -0.05) is 12.1 Å². The van der Waals surface area contributed by atoms with E-state index in [4.69, 9.17) is 14.2 Å². The number of hydrogen-bond donors (Lipinski definition) is 0. The molecule has 0 aliphatic rings. The molecule has 0 aliphatic heterocycles. The molecular formula is C16H22O5. The molecule has 1 aromatic rings. The van der Waals surface area contributed by atoms with Crippen molar-refractivity contribution in [1.29, 1.82) is 0 Å². The van der Waals surface area contributed by atoms with Crippen LogP contribution in [0.4, 0.5) is 0 Å². The van der Waals surface area contributed by atoms with Gasteiger partial charge in [-0.3, -0.25) is 9.59 Å². The number of ether oxygens (including phenoxy) is 3. The first kappa shape index (κ1) is 17.0. The molecule has 1 rings (SSSR count). The molecule has 0 N–H and O–H groups in total. The van der Waals surface area contributed by atoms with Crippen molar-refractivity contribution < 1.29 is 23.8 Å². The normalized spacial score (nSPS) is 12.4. The summed E-state index contributed by atoms with van der Waals surface area (Å²) in [6.45, 7) is 5.27. The molecule has 0 unspecified atom stereocenters. The number of esters is 2. The van der Waals surface area contributed by atoms with Gasteiger partial charge in [0.05, 0.1) is 14.2 Å². The van der Waals surface area contributed by atoms with Crippen LogP contribution in [-0.4, -0.2) is 31.8 Å². The van der Waals surface area contributed by atoms with E-state index in [1.54, 1.807) is 52.1 Å². The van der Waals surface area contributed by atoms with Crippen LogP contribution in [0.3, 0.4) is 0 Å². The van der Waals surface area contributed by atoms with Gasteiger partial charge in [0.1, 0.15) is 11.4 Å². The average molecular weight is 294 g/mol. The molecule has 5 nitrogen and oxygen atoms in total. The zero-order valence-electron chi connectivity index (χ0n) is 13.1. The van der Waals surface area contributed by atoms with Crippen molar-refractivity contribution in [3.63, 3.8) is 0 Å². The minimum absolute atomic E-state index is 0.228. The summed E-state index contributed by atoms with van der Waals surface area (Å²) in [6.07, 6.45) is 0.228. The maximum atomic E-state index is 12.1. The maximum absolute atomic E-state index is 12.1. The van der Waals surface area contributed by atoms with Crippen LogP contribution in [0.25, 0.3) is 0 Å². The highest BCUT2D eigenvalue weighted by molar-refractivity contribution is 5.95. The van der Waals surface area contributed by atoms with E-state index in [9.17, 15) is 9.59 Å². The Balaban J connectivity index is 2.87. The Kier molecular flexibility index (Phi) is 5.76. The molecule has 0 aliphatic carbocycles. The third-order valence-electron chi connectivity index (χ3n) is 2.78. The molecule has 0 saturated carbocycles. The Hall–Kier alpha value is -2.04. The zero-order chi connectivity index (χ0) is 16.0. The van der Waals surface area contributed by atoms with Crippen LogP contribution in [0, 0.1) is 5.92 Å². The predicted molar refractivity (Wildman–Crippen MR) is 78.0 cm³/mol. The topological polar surface area (TPSA) is 61.8 Å². The lowest BCUT2D eigenvalue weighted by Crippen LogP contribution is -2.34. The van der Waals surface area contributed by atoms with Crippen molar-refractivity contribution in [1.82, 2.24) is 0 Å². The third-order valence-corrected chi connectivity index (χ3v) is 2.78. The van der Waals surface area contributed by atoms with Crippen molar-refractivity contribution in [3.05, 3.63) is 29.8 Å². The van der Waals surface area contributed by atoms with Gasteiger partial charge in [-0.2, -0.15) is 0 Å². The van der Waals surface area contributed by atoms with Crippen molar-refractivity contribution >= 4 is 11.9 Å². The molecule has 5 heteroatoms. The molecule has 1 atom stereocenters. The van der Waals surface area contributed by atoms with Crippen molar-refractivity contribution in [3.8, 4) is 5.75 Å². The van der Waals surface area contributed by atoms with Crippen LogP contribution >= 0.6 is 0 Å². The molecule has 116 valence electrons. The minimum atomic E-state index is -0.970. The number of carbonyl (C=O) groups excluding carboxylic acids is 2. The maximum Gasteiger partial charge on any atom is 0.321 e. The summed E-state index contributed by atoms with van der Waals surface area (Å²) in [5.41, 5.74) is 0.181. The molecule has 21 heavy (non-hydrogen) atoms. The second-order valence-electron chi connectivity index (χ2n) is 5.66. The largest absolute Gasteiger partial charge is 0.497 e. The lowest BCUT2D eigenvalue weighted by Gasteiger charge is -2.23. The minimum Gasteiger partial charge on any atom is -0.497 e. The average Bonchev–Trinajstić information content (AvgIpc) is 2.42. The second-order valence-corrected chi connectivity index (χ2v) is 5.66. The summed E-state index contributed by atoms with van der Waals surface area (Å²) in [5.74, 6) is -1.43. The number of carbonyl (C=O) groups is 2. The lowest BCUT2D eigenvalue weighted by molar-refractivity contribution is -0.168. The number of benzene rings is 1. The Morgan fingerprint density at radius 2 is 1.62 bits per heavy atom. The molecule has 0 saturated heterocycles. The standard InChI is InChI=1S/C16H22O5/c1-16(2,3)21-15(18)13(14(17)20-5)10-11-6-8-12(19-4)9-7-11/h6-9,13H,10H2,1-5H3/t13-/m1/s1. The molecule has 0 heterocycles. The van der Waals surface area contributed by atoms with Gasteiger partial charge in [-0.15, -0.1) is 0 Å². The van der Waals surface area contributed by atoms with Crippen LogP contribution in [-0.2, 0) is 25.5 Å². The highest BCUT2D eigenvalue weighted by Gasteiger charge is 2.32. The summed E-state index contributed by atoms with van der Waals surface area (Å²) in [7, 11) is 2.83. The van der Waals surface area contributed by atoms with E-state index in [1.807, 2.05) is 0 Å². The third kappa shape index (κ3) is 5.45. The molecule has 0 bridgehead atoms. The first-order valence-corrected chi connectivity index (χ1v) is 6.70. The fourth-order valence-corrected chi connectivity index (χ4v) is 1.78. The smallest absolute Gasteiger partial charge is 0.321 e. The van der Waals surface area contributed by atoms with Gasteiger partial charge >= 0.3 is 11.9 Å². The van der Waals surface area contributed by atoms with Gasteiger partial charge in [-0.25, -0.2) is 0 Å². The summed E-state index contributed by atoms with van der Waals surface area (Å²) >= 11 is 0. The van der Waals surface area contributed by atoms with E-state index in [1.165, 1.54) is 7.11 Å². The van der Waals surface area contributed by atoms with E-state index in [0.29, 0.717) is 5.75 Å². The summed E-state index contributed by atoms with van der Waals surface area (Å²) in [5, 5.41) is 0. The molecule has 0 amide bonds. The highest BCUT2D eigenvalue weighted by atomic mass is 16.6. The quantitative estimate of drug-likeness (QED) is 0.616. The fraction of sp³-hybridized carbons (Fsp3) is 0.500. The molecule has 0 fully saturated rings. The number of methoxy groups -OCH3 is 2. The summed E-state index contributed by atoms with van der Waals surface area (Å²) in [4.78, 5) is 24.0. The van der Waals surface area contributed by atoms with Gasteiger partial charge in [-0.05, 0) is 44.9 Å². The van der Waals surface area contributed by atoms with Gasteiger partial charge < -0.3 is 14.2 Å². The second kappa shape index (κ2) is 7.11. The summed E-state index contributed by atoms with van der Waals surface area (Å²) < 4.78 is 15.0. The zero-order valence-corrected chi connectivity index (χ0v) is 13.1. The van der Waals surface area contributed by atoms with E-state index < -0.39 is 23.5 Å². The molecule has 0 aromatic heterocycles. The van der Waals surface area contributed by atoms with Crippen LogP contribution < -0.4 is 4.74 Å². The van der Waals surface area contributed by atoms with Crippen LogP contribution in [0.5, 0.6) is 5.75 Å². The van der Waals surface area contributed by atoms with Gasteiger partial charge in [0, 0.05) is 0 Å². The lowest BCUT2D eigenvalue weighted by atomic mass is 9.99. The van der Waals surface area contributed by atoms with Gasteiger partial charge in [0.25, 0.3) is 0 Å². The Bertz CT molecular complexity index is 484. The van der Waals surface area contributed by atoms with Crippen molar-refractivity contribution in [2.24, 2.45) is 5.92 Å². The Morgan fingerprint density at radius 1 is 1.05 bits per heavy atom. The molecule has 0 spiro atoms.